The van der Waals surface area contributed by atoms with Gasteiger partial charge in [-0.2, -0.15) is 0 Å². The molecule has 1 atom stereocenters. The number of fused-ring (bicyclic) bond motifs is 1. The number of nitrogens with one attached hydrogen (secondary N) is 1. The van der Waals surface area contributed by atoms with Gasteiger partial charge in [-0.05, 0) is 56.4 Å². The van der Waals surface area contributed by atoms with Crippen molar-refractivity contribution in [3.8, 4) is 11.3 Å². The number of amides is 1. The monoisotopic (exact) mass is 460 g/mol. The fourth-order valence-corrected chi connectivity index (χ4v) is 5.19. The number of aromatic nitrogens is 3. The number of pyridine rings is 1. The number of carbonyl (C=O) groups is 1. The first-order valence-corrected chi connectivity index (χ1v) is 12.2. The highest BCUT2D eigenvalue weighted by Crippen LogP contribution is 2.26. The highest BCUT2D eigenvalue weighted by atomic mass is 32.1. The van der Waals surface area contributed by atoms with Gasteiger partial charge in [0.2, 0.25) is 0 Å². The van der Waals surface area contributed by atoms with Crippen LogP contribution >= 0.6 is 11.3 Å². The molecule has 5 rings (SSSR count). The van der Waals surface area contributed by atoms with Crippen molar-refractivity contribution in [1.29, 1.82) is 0 Å². The molecule has 170 valence electrons. The van der Waals surface area contributed by atoms with E-state index in [9.17, 15) is 4.79 Å². The number of thiazole rings is 1. The summed E-state index contributed by atoms with van der Waals surface area (Å²) in [5.74, 6) is -0.122. The fourth-order valence-electron chi connectivity index (χ4n) is 4.63. The van der Waals surface area contributed by atoms with Crippen molar-refractivity contribution in [2.24, 2.45) is 7.05 Å². The molecule has 1 amide bonds. The first-order valence-electron chi connectivity index (χ1n) is 11.3. The molecule has 1 fully saturated rings. The Morgan fingerprint density at radius 3 is 2.82 bits per heavy atom. The van der Waals surface area contributed by atoms with E-state index in [-0.39, 0.29) is 17.6 Å². The van der Waals surface area contributed by atoms with E-state index < -0.39 is 0 Å². The normalized spacial score (nSPS) is 17.8. The topological polar surface area (TPSA) is 69.0 Å². The van der Waals surface area contributed by atoms with E-state index >= 15 is 0 Å². The molecular formula is C26H28N4O2S. The van der Waals surface area contributed by atoms with Gasteiger partial charge in [-0.3, -0.25) is 4.79 Å². The van der Waals surface area contributed by atoms with Gasteiger partial charge in [-0.15, -0.1) is 11.3 Å². The Balaban J connectivity index is 1.41. The summed E-state index contributed by atoms with van der Waals surface area (Å²) in [4.78, 5) is 22.2. The number of hydrogen-bond donors (Lipinski definition) is 1. The second-order valence-corrected chi connectivity index (χ2v) is 10.1. The van der Waals surface area contributed by atoms with Crippen LogP contribution in [0.2, 0.25) is 0 Å². The summed E-state index contributed by atoms with van der Waals surface area (Å²) in [6, 6.07) is 12.5. The van der Waals surface area contributed by atoms with Crippen LogP contribution in [0, 0.1) is 0 Å². The van der Waals surface area contributed by atoms with Crippen molar-refractivity contribution in [2.75, 3.05) is 6.61 Å². The second kappa shape index (κ2) is 8.72. The molecule has 0 aliphatic carbocycles. The van der Waals surface area contributed by atoms with E-state index in [1.165, 1.54) is 5.56 Å². The zero-order valence-electron chi connectivity index (χ0n) is 19.2. The Bertz CT molecular complexity index is 1280. The number of hydrogen-bond acceptors (Lipinski definition) is 5. The molecule has 0 spiro atoms. The minimum atomic E-state index is -0.219. The number of nitrogens with zero attached hydrogens (tertiary/aromatic N) is 3. The lowest BCUT2D eigenvalue weighted by Crippen LogP contribution is -2.46. The van der Waals surface area contributed by atoms with Gasteiger partial charge in [0, 0.05) is 36.8 Å². The van der Waals surface area contributed by atoms with Crippen molar-refractivity contribution in [3.63, 3.8) is 0 Å². The molecule has 3 aromatic heterocycles. The van der Waals surface area contributed by atoms with Crippen molar-refractivity contribution in [1.82, 2.24) is 19.9 Å². The van der Waals surface area contributed by atoms with Crippen LogP contribution in [0.1, 0.15) is 48.3 Å². The second-order valence-electron chi connectivity index (χ2n) is 9.35. The van der Waals surface area contributed by atoms with E-state index in [0.717, 1.165) is 47.1 Å². The molecule has 1 aliphatic heterocycles. The zero-order chi connectivity index (χ0) is 23.0. The number of benzene rings is 1. The molecule has 1 N–H and O–H groups in total. The van der Waals surface area contributed by atoms with Crippen LogP contribution in [-0.2, 0) is 18.2 Å². The molecule has 33 heavy (non-hydrogen) atoms. The maximum absolute atomic E-state index is 13.1. The third-order valence-electron chi connectivity index (χ3n) is 6.25. The van der Waals surface area contributed by atoms with Crippen LogP contribution in [0.5, 0.6) is 0 Å². The van der Waals surface area contributed by atoms with Crippen LogP contribution in [-0.4, -0.2) is 38.7 Å². The van der Waals surface area contributed by atoms with Gasteiger partial charge < -0.3 is 14.6 Å². The van der Waals surface area contributed by atoms with E-state index in [0.29, 0.717) is 12.3 Å². The summed E-state index contributed by atoms with van der Waals surface area (Å²) in [7, 11) is 2.02. The molecule has 1 aliphatic rings. The predicted molar refractivity (Wildman–Crippen MR) is 132 cm³/mol. The number of rotatable bonds is 5. The Morgan fingerprint density at radius 2 is 2.09 bits per heavy atom. The van der Waals surface area contributed by atoms with Crippen molar-refractivity contribution < 1.29 is 9.53 Å². The Kier molecular flexibility index (Phi) is 5.76. The maximum atomic E-state index is 13.1. The molecule has 1 unspecified atom stereocenters. The lowest BCUT2D eigenvalue weighted by atomic mass is 9.94. The van der Waals surface area contributed by atoms with E-state index in [1.54, 1.807) is 11.3 Å². The molecule has 0 radical (unpaired) electrons. The predicted octanol–water partition coefficient (Wildman–Crippen LogP) is 4.98. The van der Waals surface area contributed by atoms with E-state index in [4.69, 9.17) is 4.74 Å². The third kappa shape index (κ3) is 4.70. The summed E-state index contributed by atoms with van der Waals surface area (Å²) in [6.07, 6.45) is 4.33. The highest BCUT2D eigenvalue weighted by molar-refractivity contribution is 7.07. The zero-order valence-corrected chi connectivity index (χ0v) is 20.0. The Hall–Kier alpha value is -3.03. The van der Waals surface area contributed by atoms with Gasteiger partial charge in [0.15, 0.2) is 0 Å². The summed E-state index contributed by atoms with van der Waals surface area (Å²) < 4.78 is 7.86. The van der Waals surface area contributed by atoms with Crippen molar-refractivity contribution >= 4 is 28.3 Å². The third-order valence-corrected chi connectivity index (χ3v) is 6.84. The lowest BCUT2D eigenvalue weighted by molar-refractivity contribution is -0.0615. The Labute approximate surface area is 197 Å². The highest BCUT2D eigenvalue weighted by Gasteiger charge is 2.30. The lowest BCUT2D eigenvalue weighted by Gasteiger charge is -2.35. The van der Waals surface area contributed by atoms with Gasteiger partial charge in [0.1, 0.15) is 5.69 Å². The van der Waals surface area contributed by atoms with Gasteiger partial charge in [0.05, 0.1) is 27.8 Å². The summed E-state index contributed by atoms with van der Waals surface area (Å²) in [6.45, 7) is 4.79. The molecule has 4 aromatic rings. The fraction of sp³-hybridized carbons (Fsp3) is 0.346. The van der Waals surface area contributed by atoms with Gasteiger partial charge >= 0.3 is 0 Å². The average molecular weight is 461 g/mol. The summed E-state index contributed by atoms with van der Waals surface area (Å²) >= 11 is 1.60. The molecular weight excluding hydrogens is 432 g/mol. The molecule has 6 nitrogen and oxygen atoms in total. The average Bonchev–Trinajstić information content (AvgIpc) is 3.44. The van der Waals surface area contributed by atoms with Crippen LogP contribution in [0.15, 0.2) is 53.5 Å². The van der Waals surface area contributed by atoms with E-state index in [2.05, 4.69) is 63.3 Å². The van der Waals surface area contributed by atoms with Crippen LogP contribution in [0.4, 0.5) is 0 Å². The molecule has 7 heteroatoms. The maximum Gasteiger partial charge on any atom is 0.270 e. The molecule has 1 aromatic carbocycles. The van der Waals surface area contributed by atoms with E-state index in [1.807, 2.05) is 30.9 Å². The SMILES string of the molecule is Cn1ccc2nc(C(=O)NC3CCOC(C)(C)C3)cc(Cc3ccc(-c4cscn4)cc3)c21. The number of ether oxygens (including phenoxy) is 1. The van der Waals surface area contributed by atoms with Crippen molar-refractivity contribution in [2.45, 2.75) is 44.8 Å². The van der Waals surface area contributed by atoms with Gasteiger partial charge in [-0.1, -0.05) is 24.3 Å². The summed E-state index contributed by atoms with van der Waals surface area (Å²) in [5.41, 5.74) is 8.37. The smallest absolute Gasteiger partial charge is 0.270 e. The molecule has 0 saturated carbocycles. The number of aryl methyl sites for hydroxylation is 1. The molecule has 4 heterocycles. The standard InChI is InChI=1S/C26H28N4O2S/c1-26(2)14-20(9-11-32-26)28-25(31)22-13-19(24-21(29-22)8-10-30(24)3)12-17-4-6-18(7-5-17)23-15-33-16-27-23/h4-8,10,13,15-16,20H,9,11-12,14H2,1-3H3,(H,28,31). The Morgan fingerprint density at radius 1 is 1.27 bits per heavy atom. The minimum absolute atomic E-state index is 0.0937. The van der Waals surface area contributed by atoms with Crippen molar-refractivity contribution in [3.05, 3.63) is 70.3 Å². The van der Waals surface area contributed by atoms with Gasteiger partial charge in [0.25, 0.3) is 5.91 Å². The largest absolute Gasteiger partial charge is 0.375 e. The minimum Gasteiger partial charge on any atom is -0.375 e. The van der Waals surface area contributed by atoms with Crippen LogP contribution < -0.4 is 5.32 Å². The van der Waals surface area contributed by atoms with Gasteiger partial charge in [-0.25, -0.2) is 9.97 Å². The first kappa shape index (κ1) is 21.8. The van der Waals surface area contributed by atoms with Crippen LogP contribution in [0.25, 0.3) is 22.3 Å². The quantitative estimate of drug-likeness (QED) is 0.456. The molecule has 0 bridgehead atoms. The number of carbonyl (C=O) groups excluding carboxylic acids is 1. The first-order chi connectivity index (χ1) is 15.9. The summed E-state index contributed by atoms with van der Waals surface area (Å²) in [5, 5.41) is 5.23. The molecule has 1 saturated heterocycles. The van der Waals surface area contributed by atoms with Crippen LogP contribution in [0.3, 0.4) is 0 Å².